The van der Waals surface area contributed by atoms with Gasteiger partial charge in [0.2, 0.25) is 0 Å². The Bertz CT molecular complexity index is 659. The highest BCUT2D eigenvalue weighted by Gasteiger charge is 2.27. The van der Waals surface area contributed by atoms with E-state index in [4.69, 9.17) is 18.9 Å². The van der Waals surface area contributed by atoms with Crippen molar-refractivity contribution in [1.29, 1.82) is 0 Å². The molecule has 0 bridgehead atoms. The minimum Gasteiger partial charge on any atom is -0.493 e. The maximum absolute atomic E-state index is 12.2. The number of hydrogen-bond acceptors (Lipinski definition) is 7. The van der Waals surface area contributed by atoms with Crippen molar-refractivity contribution in [3.8, 4) is 11.5 Å². The van der Waals surface area contributed by atoms with Gasteiger partial charge >= 0.3 is 11.9 Å². The lowest BCUT2D eigenvalue weighted by atomic mass is 9.99. The molecule has 0 saturated heterocycles. The molecule has 1 rings (SSSR count). The highest BCUT2D eigenvalue weighted by Crippen LogP contribution is 2.28. The zero-order valence-corrected chi connectivity index (χ0v) is 16.4. The van der Waals surface area contributed by atoms with Crippen LogP contribution in [0.3, 0.4) is 0 Å². The van der Waals surface area contributed by atoms with Gasteiger partial charge in [-0.2, -0.15) is 0 Å². The van der Waals surface area contributed by atoms with Crippen LogP contribution < -0.4 is 14.8 Å². The maximum atomic E-state index is 12.2. The molecule has 2 unspecified atom stereocenters. The van der Waals surface area contributed by atoms with Crippen LogP contribution in [0.1, 0.15) is 37.6 Å². The summed E-state index contributed by atoms with van der Waals surface area (Å²) in [5, 5.41) is 2.54. The highest BCUT2D eigenvalue weighted by molar-refractivity contribution is 5.92. The Morgan fingerprint density at radius 2 is 1.81 bits per heavy atom. The van der Waals surface area contributed by atoms with Gasteiger partial charge in [-0.25, -0.2) is 9.59 Å². The van der Waals surface area contributed by atoms with Gasteiger partial charge in [-0.1, -0.05) is 20.3 Å². The van der Waals surface area contributed by atoms with E-state index in [0.29, 0.717) is 24.5 Å². The maximum Gasteiger partial charge on any atom is 0.338 e. The van der Waals surface area contributed by atoms with Crippen molar-refractivity contribution in [3.05, 3.63) is 23.8 Å². The molecular weight excluding hydrogens is 354 g/mol. The van der Waals surface area contributed by atoms with Crippen LogP contribution in [0.15, 0.2) is 18.2 Å². The van der Waals surface area contributed by atoms with E-state index in [1.165, 1.54) is 26.4 Å². The monoisotopic (exact) mass is 381 g/mol. The Labute approximate surface area is 159 Å². The van der Waals surface area contributed by atoms with Gasteiger partial charge in [-0.05, 0) is 31.0 Å². The first-order valence-corrected chi connectivity index (χ1v) is 8.72. The van der Waals surface area contributed by atoms with Crippen LogP contribution in [0, 0.1) is 5.92 Å². The van der Waals surface area contributed by atoms with Crippen LogP contribution >= 0.6 is 0 Å². The number of esters is 2. The van der Waals surface area contributed by atoms with Crippen LogP contribution in [0.2, 0.25) is 0 Å². The van der Waals surface area contributed by atoms with Gasteiger partial charge in [0.15, 0.2) is 18.1 Å². The second-order valence-electron chi connectivity index (χ2n) is 5.83. The largest absolute Gasteiger partial charge is 0.493 e. The summed E-state index contributed by atoms with van der Waals surface area (Å²) in [5.41, 5.74) is 0.217. The number of rotatable bonds is 10. The van der Waals surface area contributed by atoms with Gasteiger partial charge in [0.05, 0.1) is 26.4 Å². The Morgan fingerprint density at radius 3 is 2.37 bits per heavy atom. The van der Waals surface area contributed by atoms with Gasteiger partial charge in [0.25, 0.3) is 5.91 Å². The second-order valence-corrected chi connectivity index (χ2v) is 5.83. The molecule has 1 amide bonds. The molecule has 1 aromatic carbocycles. The predicted octanol–water partition coefficient (Wildman–Crippen LogP) is 1.95. The van der Waals surface area contributed by atoms with Crippen LogP contribution in [0.25, 0.3) is 0 Å². The van der Waals surface area contributed by atoms with Gasteiger partial charge in [0.1, 0.15) is 6.04 Å². The van der Waals surface area contributed by atoms with Crippen LogP contribution in [-0.4, -0.2) is 51.3 Å². The summed E-state index contributed by atoms with van der Waals surface area (Å²) in [5.74, 6) is -1.05. The zero-order valence-electron chi connectivity index (χ0n) is 16.4. The summed E-state index contributed by atoms with van der Waals surface area (Å²) >= 11 is 0. The molecule has 150 valence electrons. The molecule has 27 heavy (non-hydrogen) atoms. The first kappa shape index (κ1) is 22.3. The van der Waals surface area contributed by atoms with Crippen LogP contribution in [-0.2, 0) is 19.1 Å². The number of nitrogens with one attached hydrogen (secondary N) is 1. The molecule has 0 saturated carbocycles. The fraction of sp³-hybridized carbons (Fsp3) is 0.526. The lowest BCUT2D eigenvalue weighted by molar-refractivity contribution is -0.147. The third kappa shape index (κ3) is 6.47. The summed E-state index contributed by atoms with van der Waals surface area (Å²) in [6, 6.07) is 3.79. The molecule has 0 radical (unpaired) electrons. The molecule has 0 aliphatic rings. The van der Waals surface area contributed by atoms with Gasteiger partial charge in [0, 0.05) is 0 Å². The molecule has 1 N–H and O–H groups in total. The molecule has 0 fully saturated rings. The van der Waals surface area contributed by atoms with E-state index in [2.05, 4.69) is 5.32 Å². The van der Waals surface area contributed by atoms with E-state index in [0.717, 1.165) is 0 Å². The van der Waals surface area contributed by atoms with E-state index < -0.39 is 30.5 Å². The predicted molar refractivity (Wildman–Crippen MR) is 97.8 cm³/mol. The smallest absolute Gasteiger partial charge is 0.338 e. The quantitative estimate of drug-likeness (QED) is 0.618. The van der Waals surface area contributed by atoms with E-state index in [1.807, 2.05) is 20.8 Å². The average molecular weight is 381 g/mol. The lowest BCUT2D eigenvalue weighted by Gasteiger charge is -2.21. The molecule has 2 atom stereocenters. The second kappa shape index (κ2) is 11.1. The molecule has 0 heterocycles. The van der Waals surface area contributed by atoms with Gasteiger partial charge in [-0.15, -0.1) is 0 Å². The zero-order chi connectivity index (χ0) is 20.4. The number of benzene rings is 1. The first-order valence-electron chi connectivity index (χ1n) is 8.72. The van der Waals surface area contributed by atoms with Gasteiger partial charge in [-0.3, -0.25) is 4.79 Å². The summed E-state index contributed by atoms with van der Waals surface area (Å²) in [6.45, 7) is 5.49. The van der Waals surface area contributed by atoms with Gasteiger partial charge < -0.3 is 24.3 Å². The molecule has 0 spiro atoms. The van der Waals surface area contributed by atoms with Crippen molar-refractivity contribution < 1.29 is 33.3 Å². The first-order chi connectivity index (χ1) is 12.9. The third-order valence-corrected chi connectivity index (χ3v) is 4.02. The minimum atomic E-state index is -0.795. The normalized spacial score (nSPS) is 12.5. The Hall–Kier alpha value is -2.77. The standard InChI is InChI=1S/C19H27NO7/c1-6-12(3)17(19(23)25-5)20-16(21)11-27-18(22)13-8-9-14(26-7-2)15(10-13)24-4/h8-10,12,17H,6-7,11H2,1-5H3,(H,20,21). The molecular formula is C19H27NO7. The van der Waals surface area contributed by atoms with Crippen molar-refractivity contribution in [2.75, 3.05) is 27.4 Å². The third-order valence-electron chi connectivity index (χ3n) is 4.02. The molecule has 8 heteroatoms. The van der Waals surface area contributed by atoms with Crippen molar-refractivity contribution >= 4 is 17.8 Å². The summed E-state index contributed by atoms with van der Waals surface area (Å²) < 4.78 is 20.3. The van der Waals surface area contributed by atoms with Crippen molar-refractivity contribution in [2.24, 2.45) is 5.92 Å². The van der Waals surface area contributed by atoms with E-state index in [-0.39, 0.29) is 11.5 Å². The van der Waals surface area contributed by atoms with Crippen LogP contribution in [0.5, 0.6) is 11.5 Å². The molecule has 1 aromatic rings. The average Bonchev–Trinajstić information content (AvgIpc) is 2.69. The Balaban J connectivity index is 2.70. The Morgan fingerprint density at radius 1 is 1.11 bits per heavy atom. The SMILES string of the molecule is CCOc1ccc(C(=O)OCC(=O)NC(C(=O)OC)C(C)CC)cc1OC. The highest BCUT2D eigenvalue weighted by atomic mass is 16.5. The summed E-state index contributed by atoms with van der Waals surface area (Å²) in [6.07, 6.45) is 0.672. The van der Waals surface area contributed by atoms with E-state index in [1.54, 1.807) is 6.07 Å². The number of ether oxygens (including phenoxy) is 4. The van der Waals surface area contributed by atoms with E-state index in [9.17, 15) is 14.4 Å². The number of amides is 1. The van der Waals surface area contributed by atoms with Crippen molar-refractivity contribution in [3.63, 3.8) is 0 Å². The minimum absolute atomic E-state index is 0.118. The van der Waals surface area contributed by atoms with Crippen molar-refractivity contribution in [2.45, 2.75) is 33.2 Å². The molecule has 0 aromatic heterocycles. The Kier molecular flexibility index (Phi) is 9.12. The molecule has 0 aliphatic heterocycles. The fourth-order valence-corrected chi connectivity index (χ4v) is 2.30. The van der Waals surface area contributed by atoms with Crippen molar-refractivity contribution in [1.82, 2.24) is 5.32 Å². The fourth-order valence-electron chi connectivity index (χ4n) is 2.30. The lowest BCUT2D eigenvalue weighted by Crippen LogP contribution is -2.47. The number of carbonyl (C=O) groups excluding carboxylic acids is 3. The number of hydrogen-bond donors (Lipinski definition) is 1. The topological polar surface area (TPSA) is 100 Å². The number of carbonyl (C=O) groups is 3. The summed E-state index contributed by atoms with van der Waals surface area (Å²) in [7, 11) is 2.71. The number of methoxy groups -OCH3 is 2. The molecule has 8 nitrogen and oxygen atoms in total. The van der Waals surface area contributed by atoms with E-state index >= 15 is 0 Å². The summed E-state index contributed by atoms with van der Waals surface area (Å²) in [4.78, 5) is 36.0. The van der Waals surface area contributed by atoms with Crippen LogP contribution in [0.4, 0.5) is 0 Å². The molecule has 0 aliphatic carbocycles.